The van der Waals surface area contributed by atoms with E-state index in [1.165, 1.54) is 10.2 Å². The van der Waals surface area contributed by atoms with Gasteiger partial charge >= 0.3 is 0 Å². The first-order chi connectivity index (χ1) is 15.1. The van der Waals surface area contributed by atoms with Gasteiger partial charge < -0.3 is 20.3 Å². The lowest BCUT2D eigenvalue weighted by Crippen LogP contribution is -2.30. The van der Waals surface area contributed by atoms with E-state index >= 15 is 0 Å². The number of rotatable bonds is 7. The maximum Gasteiger partial charge on any atom is 0.191 e. The number of nitrogens with zero attached hydrogens (tertiary/aromatic N) is 5. The van der Waals surface area contributed by atoms with E-state index in [1.807, 2.05) is 6.07 Å². The molecule has 1 saturated heterocycles. The number of thioether (sulfide) groups is 1. The Hall–Kier alpha value is -2.27. The van der Waals surface area contributed by atoms with Crippen molar-refractivity contribution in [2.24, 2.45) is 0 Å². The average molecular weight is 443 g/mol. The molecule has 9 nitrogen and oxygen atoms in total. The van der Waals surface area contributed by atoms with Crippen molar-refractivity contribution in [3.63, 3.8) is 0 Å². The van der Waals surface area contributed by atoms with E-state index in [9.17, 15) is 10.2 Å². The van der Waals surface area contributed by atoms with Gasteiger partial charge in [-0.1, -0.05) is 54.2 Å². The zero-order valence-electron chi connectivity index (χ0n) is 17.4. The van der Waals surface area contributed by atoms with Gasteiger partial charge in [-0.25, -0.2) is 9.97 Å². The van der Waals surface area contributed by atoms with Crippen LogP contribution in [0.15, 0.2) is 35.5 Å². The van der Waals surface area contributed by atoms with Crippen molar-refractivity contribution in [2.45, 2.75) is 68.3 Å². The van der Waals surface area contributed by atoms with Crippen LogP contribution in [0.2, 0.25) is 0 Å². The van der Waals surface area contributed by atoms with E-state index in [0.717, 1.165) is 18.6 Å². The first-order valence-corrected chi connectivity index (χ1v) is 11.6. The zero-order valence-corrected chi connectivity index (χ0v) is 18.2. The molecule has 3 aromatic rings. The summed E-state index contributed by atoms with van der Waals surface area (Å²) in [6.45, 7) is 3.82. The Bertz CT molecular complexity index is 1060. The molecule has 6 atom stereocenters. The Morgan fingerprint density at radius 3 is 2.71 bits per heavy atom. The second-order valence-corrected chi connectivity index (χ2v) is 9.19. The molecule has 1 aromatic carbocycles. The van der Waals surface area contributed by atoms with Crippen LogP contribution < -0.4 is 5.32 Å². The van der Waals surface area contributed by atoms with Crippen LogP contribution >= 0.6 is 11.8 Å². The summed E-state index contributed by atoms with van der Waals surface area (Å²) in [5, 5.41) is 33.2. The number of benzene rings is 1. The van der Waals surface area contributed by atoms with Crippen molar-refractivity contribution in [3.05, 3.63) is 35.9 Å². The standard InChI is InChI=1S/C21H26N6O3S/c1-3-9-31-21-23-18(22-14-10-13(14)12-7-5-4-6-8-12)15-19(24-21)27(26-25-15)20-17(29)16(28)11(2)30-20/h4-8,11,13-14,16-17,20,28-29H,3,9-10H2,1-2H3,(H,22,23,24)/t11-,13?,14?,16-,17-,20-/m1/s1. The molecule has 3 heterocycles. The highest BCUT2D eigenvalue weighted by molar-refractivity contribution is 7.99. The number of aliphatic hydroxyl groups excluding tert-OH is 2. The largest absolute Gasteiger partial charge is 0.388 e. The molecule has 0 bridgehead atoms. The summed E-state index contributed by atoms with van der Waals surface area (Å²) in [6, 6.07) is 10.7. The molecule has 1 aliphatic carbocycles. The van der Waals surface area contributed by atoms with Crippen molar-refractivity contribution < 1.29 is 14.9 Å². The highest BCUT2D eigenvalue weighted by atomic mass is 32.2. The van der Waals surface area contributed by atoms with Crippen molar-refractivity contribution in [1.29, 1.82) is 0 Å². The molecule has 164 valence electrons. The molecular weight excluding hydrogens is 416 g/mol. The van der Waals surface area contributed by atoms with Gasteiger partial charge in [0.05, 0.1) is 6.10 Å². The van der Waals surface area contributed by atoms with Gasteiger partial charge in [0.25, 0.3) is 0 Å². The molecule has 31 heavy (non-hydrogen) atoms. The van der Waals surface area contributed by atoms with E-state index in [4.69, 9.17) is 9.72 Å². The number of hydrogen-bond acceptors (Lipinski definition) is 9. The van der Waals surface area contributed by atoms with Gasteiger partial charge in [-0.3, -0.25) is 0 Å². The fraction of sp³-hybridized carbons (Fsp3) is 0.524. The van der Waals surface area contributed by atoms with Crippen LogP contribution in [0, 0.1) is 0 Å². The van der Waals surface area contributed by atoms with Crippen LogP contribution in [0.3, 0.4) is 0 Å². The van der Waals surface area contributed by atoms with E-state index in [0.29, 0.717) is 28.1 Å². The number of ether oxygens (including phenoxy) is 1. The number of nitrogens with one attached hydrogen (secondary N) is 1. The summed E-state index contributed by atoms with van der Waals surface area (Å²) < 4.78 is 7.20. The minimum Gasteiger partial charge on any atom is -0.388 e. The van der Waals surface area contributed by atoms with E-state index in [1.54, 1.807) is 18.7 Å². The number of aromatic nitrogens is 5. The third kappa shape index (κ3) is 3.89. The Morgan fingerprint density at radius 2 is 2.00 bits per heavy atom. The Kier molecular flexibility index (Phi) is 5.55. The highest BCUT2D eigenvalue weighted by Gasteiger charge is 2.43. The van der Waals surface area contributed by atoms with Crippen LogP contribution in [0.25, 0.3) is 11.2 Å². The highest BCUT2D eigenvalue weighted by Crippen LogP contribution is 2.43. The van der Waals surface area contributed by atoms with Crippen molar-refractivity contribution in [1.82, 2.24) is 25.0 Å². The molecule has 2 unspecified atom stereocenters. The van der Waals surface area contributed by atoms with Crippen LogP contribution in [-0.4, -0.2) is 65.3 Å². The van der Waals surface area contributed by atoms with Gasteiger partial charge in [0.1, 0.15) is 12.2 Å². The SMILES string of the molecule is CCCSc1nc(NC2CC2c2ccccc2)c2nnn([C@@H]3O[C@H](C)[C@@H](O)[C@H]3O)c2n1. The van der Waals surface area contributed by atoms with Gasteiger partial charge in [-0.05, 0) is 25.3 Å². The van der Waals surface area contributed by atoms with Crippen molar-refractivity contribution in [3.8, 4) is 0 Å². The van der Waals surface area contributed by atoms with Gasteiger partial charge in [-0.2, -0.15) is 4.68 Å². The lowest BCUT2D eigenvalue weighted by Gasteiger charge is -2.15. The topological polar surface area (TPSA) is 118 Å². The third-order valence-corrected chi connectivity index (χ3v) is 6.85. The summed E-state index contributed by atoms with van der Waals surface area (Å²) in [4.78, 5) is 9.35. The second-order valence-electron chi connectivity index (χ2n) is 8.13. The fourth-order valence-corrected chi connectivity index (χ4v) is 4.66. The molecule has 2 aliphatic rings. The molecule has 0 amide bonds. The maximum absolute atomic E-state index is 10.4. The number of hydrogen-bond donors (Lipinski definition) is 3. The van der Waals surface area contributed by atoms with Crippen molar-refractivity contribution in [2.75, 3.05) is 11.1 Å². The zero-order chi connectivity index (χ0) is 21.5. The van der Waals surface area contributed by atoms with Gasteiger partial charge in [0.2, 0.25) is 0 Å². The molecule has 1 saturated carbocycles. The second kappa shape index (κ2) is 8.34. The smallest absolute Gasteiger partial charge is 0.191 e. The number of fused-ring (bicyclic) bond motifs is 1. The van der Waals surface area contributed by atoms with Crippen LogP contribution in [0.1, 0.15) is 44.4 Å². The van der Waals surface area contributed by atoms with Gasteiger partial charge in [0.15, 0.2) is 28.4 Å². The Balaban J connectivity index is 1.47. The minimum absolute atomic E-state index is 0.268. The summed E-state index contributed by atoms with van der Waals surface area (Å²) >= 11 is 1.57. The molecule has 2 fully saturated rings. The molecular formula is C21H26N6O3S. The summed E-state index contributed by atoms with van der Waals surface area (Å²) in [5.74, 6) is 1.96. The van der Waals surface area contributed by atoms with Crippen molar-refractivity contribution >= 4 is 28.7 Å². The van der Waals surface area contributed by atoms with Crippen LogP contribution in [0.5, 0.6) is 0 Å². The molecule has 2 aromatic heterocycles. The molecule has 5 rings (SSSR count). The number of aliphatic hydroxyl groups is 2. The monoisotopic (exact) mass is 442 g/mol. The van der Waals surface area contributed by atoms with Crippen LogP contribution in [-0.2, 0) is 4.74 Å². The van der Waals surface area contributed by atoms with E-state index in [2.05, 4.69) is 51.8 Å². The minimum atomic E-state index is -1.11. The van der Waals surface area contributed by atoms with Crippen LogP contribution in [0.4, 0.5) is 5.82 Å². The molecule has 3 N–H and O–H groups in total. The Morgan fingerprint density at radius 1 is 1.19 bits per heavy atom. The molecule has 0 radical (unpaired) electrons. The van der Waals surface area contributed by atoms with E-state index in [-0.39, 0.29) is 6.04 Å². The molecule has 10 heteroatoms. The number of anilines is 1. The van der Waals surface area contributed by atoms with Gasteiger partial charge in [0, 0.05) is 17.7 Å². The average Bonchev–Trinajstić information content (AvgIpc) is 3.35. The molecule has 0 spiro atoms. The van der Waals surface area contributed by atoms with E-state index < -0.39 is 24.5 Å². The molecule has 1 aliphatic heterocycles. The quantitative estimate of drug-likeness (QED) is 0.374. The predicted molar refractivity (Wildman–Crippen MR) is 117 cm³/mol. The fourth-order valence-electron chi connectivity index (χ4n) is 3.97. The third-order valence-electron chi connectivity index (χ3n) is 5.80. The van der Waals surface area contributed by atoms with Gasteiger partial charge in [-0.15, -0.1) is 5.10 Å². The first kappa shape index (κ1) is 20.6. The normalized spacial score (nSPS) is 30.1. The lowest BCUT2D eigenvalue weighted by atomic mass is 10.1. The summed E-state index contributed by atoms with van der Waals surface area (Å²) in [5.41, 5.74) is 2.32. The predicted octanol–water partition coefficient (Wildman–Crippen LogP) is 2.33. The maximum atomic E-state index is 10.4. The lowest BCUT2D eigenvalue weighted by molar-refractivity contribution is -0.0383. The Labute approximate surface area is 184 Å². The summed E-state index contributed by atoms with van der Waals surface area (Å²) in [7, 11) is 0. The summed E-state index contributed by atoms with van der Waals surface area (Å²) in [6.07, 6.45) is -1.43. The first-order valence-electron chi connectivity index (χ1n) is 10.7.